The lowest BCUT2D eigenvalue weighted by Gasteiger charge is -2.27. The third-order valence-corrected chi connectivity index (χ3v) is 12.1. The molecular formula is C49H99NO5. The Balaban J connectivity index is 3.39. The molecule has 0 rings (SSSR count). The van der Waals surface area contributed by atoms with E-state index < -0.39 is 36.9 Å². The van der Waals surface area contributed by atoms with Crippen LogP contribution in [-0.2, 0) is 4.79 Å². The van der Waals surface area contributed by atoms with E-state index in [-0.39, 0.29) is 0 Å². The highest BCUT2D eigenvalue weighted by molar-refractivity contribution is 5.80. The van der Waals surface area contributed by atoms with Crippen LogP contribution in [0.4, 0.5) is 0 Å². The van der Waals surface area contributed by atoms with E-state index in [0.717, 1.165) is 51.4 Å². The lowest BCUT2D eigenvalue weighted by Crippen LogP contribution is -2.53. The van der Waals surface area contributed by atoms with E-state index in [9.17, 15) is 25.2 Å². The van der Waals surface area contributed by atoms with Crippen LogP contribution in [0, 0.1) is 0 Å². The van der Waals surface area contributed by atoms with E-state index in [0.29, 0.717) is 12.8 Å². The van der Waals surface area contributed by atoms with Crippen molar-refractivity contribution in [2.45, 2.75) is 301 Å². The molecule has 0 saturated heterocycles. The van der Waals surface area contributed by atoms with E-state index >= 15 is 0 Å². The predicted octanol–water partition coefficient (Wildman–Crippen LogP) is 13.6. The molecule has 0 aromatic rings. The zero-order valence-corrected chi connectivity index (χ0v) is 37.2. The summed E-state index contributed by atoms with van der Waals surface area (Å²) in [5.41, 5.74) is 0. The Bertz CT molecular complexity index is 751. The summed E-state index contributed by atoms with van der Waals surface area (Å²) in [6, 6.07) is -0.976. The topological polar surface area (TPSA) is 110 Å². The number of aliphatic hydroxyl groups excluding tert-OH is 4. The van der Waals surface area contributed by atoms with Gasteiger partial charge in [-0.25, -0.2) is 0 Å². The summed E-state index contributed by atoms with van der Waals surface area (Å²) in [6.45, 7) is 3.97. The molecule has 55 heavy (non-hydrogen) atoms. The largest absolute Gasteiger partial charge is 0.394 e. The molecule has 4 atom stereocenters. The quantitative estimate of drug-likeness (QED) is 0.0395. The molecule has 5 N–H and O–H groups in total. The molecule has 0 aliphatic rings. The monoisotopic (exact) mass is 782 g/mol. The number of hydrogen-bond donors (Lipinski definition) is 5. The molecule has 1 amide bonds. The molecule has 0 bridgehead atoms. The summed E-state index contributed by atoms with van der Waals surface area (Å²) in [4.78, 5) is 12.4. The van der Waals surface area contributed by atoms with Gasteiger partial charge in [-0.2, -0.15) is 0 Å². The molecule has 0 aromatic heterocycles. The number of hydrogen-bond acceptors (Lipinski definition) is 5. The Labute approximate surface area is 343 Å². The lowest BCUT2D eigenvalue weighted by atomic mass is 9.99. The van der Waals surface area contributed by atoms with Crippen molar-refractivity contribution >= 4 is 5.91 Å². The van der Waals surface area contributed by atoms with Crippen molar-refractivity contribution in [1.29, 1.82) is 0 Å². The second kappa shape index (κ2) is 44.4. The second-order valence-corrected chi connectivity index (χ2v) is 17.5. The number of unbranched alkanes of at least 4 members (excludes halogenated alkanes) is 37. The highest BCUT2D eigenvalue weighted by atomic mass is 16.3. The van der Waals surface area contributed by atoms with Gasteiger partial charge in [0, 0.05) is 0 Å². The third kappa shape index (κ3) is 38.6. The smallest absolute Gasteiger partial charge is 0.249 e. The zero-order chi connectivity index (χ0) is 40.3. The highest BCUT2D eigenvalue weighted by Gasteiger charge is 2.28. The van der Waals surface area contributed by atoms with Crippen molar-refractivity contribution in [3.63, 3.8) is 0 Å². The molecule has 330 valence electrons. The molecule has 0 fully saturated rings. The summed E-state index contributed by atoms with van der Waals surface area (Å²) in [5.74, 6) is -0.584. The molecule has 0 aliphatic carbocycles. The fraction of sp³-hybridized carbons (Fsp3) is 0.980. The van der Waals surface area contributed by atoms with Gasteiger partial charge in [0.05, 0.1) is 18.8 Å². The van der Waals surface area contributed by atoms with E-state index in [4.69, 9.17) is 0 Å². The number of carbonyl (C=O) groups is 1. The van der Waals surface area contributed by atoms with Gasteiger partial charge >= 0.3 is 0 Å². The Morgan fingerprint density at radius 2 is 0.618 bits per heavy atom. The average molecular weight is 782 g/mol. The molecule has 0 saturated carbocycles. The van der Waals surface area contributed by atoms with Gasteiger partial charge in [0.2, 0.25) is 5.91 Å². The van der Waals surface area contributed by atoms with Crippen molar-refractivity contribution in [1.82, 2.24) is 5.32 Å². The van der Waals surface area contributed by atoms with Gasteiger partial charge in [-0.05, 0) is 12.8 Å². The summed E-state index contributed by atoms with van der Waals surface area (Å²) >= 11 is 0. The first-order valence-corrected chi connectivity index (χ1v) is 24.9. The molecule has 4 unspecified atom stereocenters. The van der Waals surface area contributed by atoms with Crippen LogP contribution in [0.3, 0.4) is 0 Å². The van der Waals surface area contributed by atoms with Crippen LogP contribution in [0.15, 0.2) is 0 Å². The van der Waals surface area contributed by atoms with E-state index in [1.54, 1.807) is 0 Å². The maximum atomic E-state index is 12.4. The minimum Gasteiger partial charge on any atom is -0.394 e. The SMILES string of the molecule is CCCCCCCCCCCCCCCCCCCCCCCCCCCCCCCCCCCCC(O)C(=O)NC(CO)C(O)C(O)CCCCCCC. The number of aliphatic hydroxyl groups is 4. The third-order valence-electron chi connectivity index (χ3n) is 12.1. The minimum atomic E-state index is -1.25. The normalized spacial score (nSPS) is 13.9. The highest BCUT2D eigenvalue weighted by Crippen LogP contribution is 2.18. The molecule has 6 heteroatoms. The Morgan fingerprint density at radius 3 is 0.873 bits per heavy atom. The summed E-state index contributed by atoms with van der Waals surface area (Å²) in [7, 11) is 0. The first-order chi connectivity index (χ1) is 27.0. The summed E-state index contributed by atoms with van der Waals surface area (Å²) in [6.07, 6.45) is 49.5. The maximum absolute atomic E-state index is 12.4. The van der Waals surface area contributed by atoms with Crippen molar-refractivity contribution in [2.24, 2.45) is 0 Å². The van der Waals surface area contributed by atoms with Crippen molar-refractivity contribution < 1.29 is 25.2 Å². The van der Waals surface area contributed by atoms with Crippen LogP contribution in [0.25, 0.3) is 0 Å². The number of rotatable bonds is 46. The first kappa shape index (κ1) is 54.3. The average Bonchev–Trinajstić information content (AvgIpc) is 3.19. The fourth-order valence-electron chi connectivity index (χ4n) is 8.11. The van der Waals surface area contributed by atoms with Gasteiger partial charge in [-0.15, -0.1) is 0 Å². The van der Waals surface area contributed by atoms with Gasteiger partial charge in [0.1, 0.15) is 12.2 Å². The Hall–Kier alpha value is -0.690. The van der Waals surface area contributed by atoms with Gasteiger partial charge in [0.25, 0.3) is 0 Å². The minimum absolute atomic E-state index is 0.375. The molecule has 0 aromatic carbocycles. The van der Waals surface area contributed by atoms with Crippen LogP contribution >= 0.6 is 0 Å². The number of carbonyl (C=O) groups excluding carboxylic acids is 1. The molecule has 0 radical (unpaired) electrons. The molecule has 0 aliphatic heterocycles. The molecule has 0 spiro atoms. The van der Waals surface area contributed by atoms with E-state index in [1.165, 1.54) is 199 Å². The van der Waals surface area contributed by atoms with Crippen LogP contribution < -0.4 is 5.32 Å². The molecule has 0 heterocycles. The van der Waals surface area contributed by atoms with E-state index in [2.05, 4.69) is 19.2 Å². The van der Waals surface area contributed by atoms with Crippen LogP contribution in [0.2, 0.25) is 0 Å². The van der Waals surface area contributed by atoms with Gasteiger partial charge in [-0.3, -0.25) is 4.79 Å². The number of amides is 1. The second-order valence-electron chi connectivity index (χ2n) is 17.5. The van der Waals surface area contributed by atoms with Crippen molar-refractivity contribution in [3.05, 3.63) is 0 Å². The van der Waals surface area contributed by atoms with Crippen LogP contribution in [0.1, 0.15) is 277 Å². The summed E-state index contributed by atoms with van der Waals surface area (Å²) < 4.78 is 0. The molecular weight excluding hydrogens is 683 g/mol. The van der Waals surface area contributed by atoms with Gasteiger partial charge < -0.3 is 25.7 Å². The molecule has 6 nitrogen and oxygen atoms in total. The predicted molar refractivity (Wildman–Crippen MR) is 238 cm³/mol. The lowest BCUT2D eigenvalue weighted by molar-refractivity contribution is -0.132. The zero-order valence-electron chi connectivity index (χ0n) is 37.2. The van der Waals surface area contributed by atoms with Crippen molar-refractivity contribution in [2.75, 3.05) is 6.61 Å². The Kier molecular flexibility index (Phi) is 43.9. The van der Waals surface area contributed by atoms with E-state index in [1.807, 2.05) is 0 Å². The van der Waals surface area contributed by atoms with Crippen LogP contribution in [-0.4, -0.2) is 57.3 Å². The summed E-state index contributed by atoms with van der Waals surface area (Å²) in [5, 5.41) is 43.2. The van der Waals surface area contributed by atoms with Gasteiger partial charge in [0.15, 0.2) is 0 Å². The first-order valence-electron chi connectivity index (χ1n) is 24.9. The van der Waals surface area contributed by atoms with Crippen LogP contribution in [0.5, 0.6) is 0 Å². The fourth-order valence-corrected chi connectivity index (χ4v) is 8.11. The Morgan fingerprint density at radius 1 is 0.382 bits per heavy atom. The van der Waals surface area contributed by atoms with Crippen molar-refractivity contribution in [3.8, 4) is 0 Å². The number of nitrogens with one attached hydrogen (secondary N) is 1. The maximum Gasteiger partial charge on any atom is 0.249 e. The standard InChI is InChI=1S/C49H99NO5/c1-3-5-7-9-10-11-12-13-14-15-16-17-18-19-20-21-22-23-24-25-26-27-28-29-30-31-32-33-34-35-36-37-39-41-43-47(53)49(55)50-45(44-51)48(54)46(52)42-40-38-8-6-4-2/h45-48,51-54H,3-44H2,1-2H3,(H,50,55). The van der Waals surface area contributed by atoms with Gasteiger partial charge in [-0.1, -0.05) is 264 Å².